The van der Waals surface area contributed by atoms with Crippen LogP contribution in [0.15, 0.2) is 66.0 Å². The van der Waals surface area contributed by atoms with Crippen molar-refractivity contribution in [2.24, 2.45) is 0 Å². The number of hydrogen-bond acceptors (Lipinski definition) is 6. The maximum absolute atomic E-state index is 12.4. The monoisotopic (exact) mass is 375 g/mol. The summed E-state index contributed by atoms with van der Waals surface area (Å²) in [7, 11) is 0. The zero-order valence-corrected chi connectivity index (χ0v) is 14.9. The van der Waals surface area contributed by atoms with Crippen LogP contribution in [0, 0.1) is 0 Å². The van der Waals surface area contributed by atoms with Crippen molar-refractivity contribution in [2.45, 2.75) is 19.5 Å². The molecular formula is C19H17N7O2. The molecule has 28 heavy (non-hydrogen) atoms. The predicted octanol–water partition coefficient (Wildman–Crippen LogP) is 1.46. The molecule has 4 aromatic rings. The number of aromatic nitrogens is 6. The number of nitrogens with zero attached hydrogens (tertiary/aromatic N) is 6. The number of carbonyl (C=O) groups is 1. The summed E-state index contributed by atoms with van der Waals surface area (Å²) in [6.07, 6.45) is 3.25. The molecule has 2 heterocycles. The average Bonchev–Trinajstić information content (AvgIpc) is 3.22. The summed E-state index contributed by atoms with van der Waals surface area (Å²) < 4.78 is 2.93. The second kappa shape index (κ2) is 7.78. The smallest absolute Gasteiger partial charge is 0.277 e. The molecule has 0 spiro atoms. The van der Waals surface area contributed by atoms with Gasteiger partial charge in [-0.25, -0.2) is 14.3 Å². The second-order valence-electron chi connectivity index (χ2n) is 6.22. The van der Waals surface area contributed by atoms with Gasteiger partial charge in [0.05, 0.1) is 18.5 Å². The van der Waals surface area contributed by atoms with Gasteiger partial charge in [-0.05, 0) is 29.8 Å². The van der Waals surface area contributed by atoms with Crippen LogP contribution in [0.1, 0.15) is 12.0 Å². The van der Waals surface area contributed by atoms with Gasteiger partial charge in [-0.1, -0.05) is 29.5 Å². The van der Waals surface area contributed by atoms with E-state index in [0.717, 1.165) is 5.56 Å². The van der Waals surface area contributed by atoms with Gasteiger partial charge in [-0.15, -0.1) is 5.10 Å². The number of hydrogen-bond donors (Lipinski definition) is 1. The van der Waals surface area contributed by atoms with E-state index in [1.807, 2.05) is 24.3 Å². The molecule has 0 aliphatic rings. The molecule has 0 saturated heterocycles. The second-order valence-corrected chi connectivity index (χ2v) is 6.22. The summed E-state index contributed by atoms with van der Waals surface area (Å²) in [5, 5.41) is 15.3. The van der Waals surface area contributed by atoms with Gasteiger partial charge in [-0.3, -0.25) is 9.59 Å². The van der Waals surface area contributed by atoms with Crippen LogP contribution in [-0.4, -0.2) is 35.7 Å². The van der Waals surface area contributed by atoms with Crippen LogP contribution in [0.3, 0.4) is 0 Å². The van der Waals surface area contributed by atoms with E-state index in [0.29, 0.717) is 23.1 Å². The first-order valence-corrected chi connectivity index (χ1v) is 8.73. The summed E-state index contributed by atoms with van der Waals surface area (Å²) in [4.78, 5) is 28.5. The minimum Gasteiger partial charge on any atom is -0.326 e. The standard InChI is InChI=1S/C19H17N7O2/c27-18(9-10-26-19(28)16-3-1-2-4-17(16)23-24-26)22-15-7-5-14(6-8-15)11-25-13-20-12-21-25/h1-8,12-13H,9-11H2,(H,22,27). The zero-order valence-electron chi connectivity index (χ0n) is 14.9. The molecule has 0 aliphatic carbocycles. The lowest BCUT2D eigenvalue weighted by Crippen LogP contribution is -2.26. The van der Waals surface area contributed by atoms with Crippen LogP contribution in [-0.2, 0) is 17.9 Å². The molecule has 0 bridgehead atoms. The van der Waals surface area contributed by atoms with E-state index < -0.39 is 0 Å². The van der Waals surface area contributed by atoms with E-state index in [2.05, 4.69) is 25.7 Å². The third-order valence-corrected chi connectivity index (χ3v) is 4.23. The van der Waals surface area contributed by atoms with E-state index in [9.17, 15) is 9.59 Å². The fraction of sp³-hybridized carbons (Fsp3) is 0.158. The molecule has 9 heteroatoms. The summed E-state index contributed by atoms with van der Waals surface area (Å²) in [6.45, 7) is 0.769. The van der Waals surface area contributed by atoms with Gasteiger partial charge in [0, 0.05) is 12.1 Å². The third-order valence-electron chi connectivity index (χ3n) is 4.23. The molecule has 9 nitrogen and oxygen atoms in total. The van der Waals surface area contributed by atoms with Crippen LogP contribution in [0.5, 0.6) is 0 Å². The van der Waals surface area contributed by atoms with Gasteiger partial charge in [-0.2, -0.15) is 5.10 Å². The lowest BCUT2D eigenvalue weighted by Gasteiger charge is -2.08. The molecule has 1 amide bonds. The Morgan fingerprint density at radius 1 is 1.07 bits per heavy atom. The Morgan fingerprint density at radius 3 is 2.68 bits per heavy atom. The highest BCUT2D eigenvalue weighted by molar-refractivity contribution is 5.90. The number of carbonyl (C=O) groups excluding carboxylic acids is 1. The highest BCUT2D eigenvalue weighted by Gasteiger charge is 2.08. The third kappa shape index (κ3) is 3.93. The van der Waals surface area contributed by atoms with Gasteiger partial charge in [0.2, 0.25) is 5.91 Å². The van der Waals surface area contributed by atoms with Crippen molar-refractivity contribution in [2.75, 3.05) is 5.32 Å². The molecule has 0 radical (unpaired) electrons. The lowest BCUT2D eigenvalue weighted by molar-refractivity contribution is -0.116. The van der Waals surface area contributed by atoms with Crippen molar-refractivity contribution in [1.29, 1.82) is 0 Å². The van der Waals surface area contributed by atoms with E-state index in [-0.39, 0.29) is 24.4 Å². The first kappa shape index (κ1) is 17.5. The van der Waals surface area contributed by atoms with Crippen molar-refractivity contribution < 1.29 is 4.79 Å². The first-order chi connectivity index (χ1) is 13.7. The molecule has 140 valence electrons. The average molecular weight is 375 g/mol. The maximum Gasteiger partial charge on any atom is 0.277 e. The Morgan fingerprint density at radius 2 is 1.89 bits per heavy atom. The van der Waals surface area contributed by atoms with Crippen LogP contribution in [0.2, 0.25) is 0 Å². The van der Waals surface area contributed by atoms with Crippen LogP contribution < -0.4 is 10.9 Å². The lowest BCUT2D eigenvalue weighted by atomic mass is 10.2. The van der Waals surface area contributed by atoms with E-state index in [1.54, 1.807) is 35.3 Å². The van der Waals surface area contributed by atoms with Crippen LogP contribution >= 0.6 is 0 Å². The van der Waals surface area contributed by atoms with Gasteiger partial charge in [0.15, 0.2) is 0 Å². The first-order valence-electron chi connectivity index (χ1n) is 8.73. The molecule has 4 rings (SSSR count). The summed E-state index contributed by atoms with van der Waals surface area (Å²) >= 11 is 0. The highest BCUT2D eigenvalue weighted by atomic mass is 16.2. The minimum atomic E-state index is -0.254. The molecule has 0 saturated carbocycles. The quantitative estimate of drug-likeness (QED) is 0.547. The van der Waals surface area contributed by atoms with E-state index in [1.165, 1.54) is 11.0 Å². The number of anilines is 1. The van der Waals surface area contributed by atoms with Gasteiger partial charge in [0.25, 0.3) is 5.56 Å². The largest absolute Gasteiger partial charge is 0.326 e. The van der Waals surface area contributed by atoms with Crippen molar-refractivity contribution >= 4 is 22.5 Å². The number of benzene rings is 2. The number of fused-ring (bicyclic) bond motifs is 1. The topological polar surface area (TPSA) is 108 Å². The predicted molar refractivity (Wildman–Crippen MR) is 103 cm³/mol. The minimum absolute atomic E-state index is 0.119. The molecule has 0 aliphatic heterocycles. The van der Waals surface area contributed by atoms with Crippen molar-refractivity contribution in [1.82, 2.24) is 29.8 Å². The SMILES string of the molecule is O=C(CCn1nnc2ccccc2c1=O)Nc1ccc(Cn2cncn2)cc1. The molecule has 2 aromatic carbocycles. The Balaban J connectivity index is 1.36. The van der Waals surface area contributed by atoms with Crippen molar-refractivity contribution in [3.63, 3.8) is 0 Å². The van der Waals surface area contributed by atoms with E-state index in [4.69, 9.17) is 0 Å². The Kier molecular flexibility index (Phi) is 4.87. The molecule has 2 aromatic heterocycles. The van der Waals surface area contributed by atoms with Crippen molar-refractivity contribution in [3.8, 4) is 0 Å². The van der Waals surface area contributed by atoms with Gasteiger partial charge in [0.1, 0.15) is 18.2 Å². The maximum atomic E-state index is 12.4. The molecular weight excluding hydrogens is 358 g/mol. The Bertz CT molecular complexity index is 1150. The molecule has 0 fully saturated rings. The number of aryl methyl sites for hydroxylation is 1. The number of amides is 1. The number of rotatable bonds is 6. The molecule has 1 N–H and O–H groups in total. The highest BCUT2D eigenvalue weighted by Crippen LogP contribution is 2.11. The summed E-state index contributed by atoms with van der Waals surface area (Å²) in [5.74, 6) is -0.203. The fourth-order valence-corrected chi connectivity index (χ4v) is 2.80. The Labute approximate surface area is 159 Å². The Hall–Kier alpha value is -3.88. The van der Waals surface area contributed by atoms with Crippen LogP contribution in [0.25, 0.3) is 10.9 Å². The summed E-state index contributed by atoms with van der Waals surface area (Å²) in [5.41, 5.74) is 2.01. The molecule has 0 unspecified atom stereocenters. The zero-order chi connectivity index (χ0) is 19.3. The fourth-order valence-electron chi connectivity index (χ4n) is 2.80. The summed E-state index contributed by atoms with van der Waals surface area (Å²) in [6, 6.07) is 14.5. The van der Waals surface area contributed by atoms with E-state index >= 15 is 0 Å². The van der Waals surface area contributed by atoms with Gasteiger partial charge < -0.3 is 5.32 Å². The van der Waals surface area contributed by atoms with Gasteiger partial charge >= 0.3 is 0 Å². The number of nitrogens with one attached hydrogen (secondary N) is 1. The molecule has 0 atom stereocenters. The normalized spacial score (nSPS) is 10.9. The van der Waals surface area contributed by atoms with Crippen LogP contribution in [0.4, 0.5) is 5.69 Å². The van der Waals surface area contributed by atoms with Crippen molar-refractivity contribution in [3.05, 3.63) is 77.1 Å².